The van der Waals surface area contributed by atoms with Crippen LogP contribution < -0.4 is 0 Å². The molecule has 2 aromatic carbocycles. The van der Waals surface area contributed by atoms with E-state index in [2.05, 4.69) is 4.98 Å². The zero-order valence-corrected chi connectivity index (χ0v) is 16.6. The number of carbonyl (C=O) groups excluding carboxylic acids is 3. The maximum absolute atomic E-state index is 12.7. The molecule has 1 aromatic heterocycles. The number of fused-ring (bicyclic) bond motifs is 3. The lowest BCUT2D eigenvalue weighted by molar-refractivity contribution is 0.0937. The summed E-state index contributed by atoms with van der Waals surface area (Å²) in [7, 11) is 0. The zero-order chi connectivity index (χ0) is 20.3. The highest BCUT2D eigenvalue weighted by Crippen LogP contribution is 2.30. The Hall–Kier alpha value is -3.08. The standard InChI is InChI=1S/C18H12N2O3.2C2H6/c1-9-19-15-7-13-14(8-16(15)20(9)10(2)21)18(23)12-6-4-3-5-11(12)17(13)22;2*1-2/h3-8H,1-2H3;2*1-2H3. The summed E-state index contributed by atoms with van der Waals surface area (Å²) < 4.78 is 1.45. The smallest absolute Gasteiger partial charge is 0.229 e. The van der Waals surface area contributed by atoms with Gasteiger partial charge in [0.15, 0.2) is 11.6 Å². The molecule has 0 aliphatic heterocycles. The minimum atomic E-state index is -0.203. The molecule has 0 saturated heterocycles. The summed E-state index contributed by atoms with van der Waals surface area (Å²) in [6.45, 7) is 11.2. The van der Waals surface area contributed by atoms with E-state index in [0.29, 0.717) is 39.1 Å². The Morgan fingerprint density at radius 3 is 1.81 bits per heavy atom. The largest absolute Gasteiger partial charge is 0.289 e. The van der Waals surface area contributed by atoms with Crippen molar-refractivity contribution in [3.63, 3.8) is 0 Å². The molecule has 27 heavy (non-hydrogen) atoms. The molecule has 1 aliphatic rings. The van der Waals surface area contributed by atoms with Gasteiger partial charge in [-0.15, -0.1) is 0 Å². The number of imidazole rings is 1. The third kappa shape index (κ3) is 3.21. The first-order valence-electron chi connectivity index (χ1n) is 9.21. The minimum absolute atomic E-state index is 0.181. The molecule has 5 nitrogen and oxygen atoms in total. The quantitative estimate of drug-likeness (QED) is 0.448. The molecule has 0 radical (unpaired) electrons. The van der Waals surface area contributed by atoms with Gasteiger partial charge in [0.2, 0.25) is 5.91 Å². The fourth-order valence-corrected chi connectivity index (χ4v) is 3.19. The van der Waals surface area contributed by atoms with E-state index in [1.165, 1.54) is 11.5 Å². The van der Waals surface area contributed by atoms with Crippen LogP contribution in [0.15, 0.2) is 36.4 Å². The summed E-state index contributed by atoms with van der Waals surface area (Å²) in [6.07, 6.45) is 0. The van der Waals surface area contributed by atoms with Crippen molar-refractivity contribution in [2.24, 2.45) is 0 Å². The molecule has 140 valence electrons. The molecule has 0 spiro atoms. The monoisotopic (exact) mass is 364 g/mol. The van der Waals surface area contributed by atoms with E-state index in [-0.39, 0.29) is 17.5 Å². The van der Waals surface area contributed by atoms with Gasteiger partial charge < -0.3 is 0 Å². The molecule has 0 N–H and O–H groups in total. The third-order valence-electron chi connectivity index (χ3n) is 4.18. The highest BCUT2D eigenvalue weighted by atomic mass is 16.2. The molecule has 5 heteroatoms. The number of ketones is 2. The maximum Gasteiger partial charge on any atom is 0.229 e. The van der Waals surface area contributed by atoms with Crippen molar-refractivity contribution >= 4 is 28.5 Å². The molecule has 0 atom stereocenters. The summed E-state index contributed by atoms with van der Waals surface area (Å²) in [5, 5.41) is 0. The Bertz CT molecular complexity index is 1050. The normalized spacial score (nSPS) is 11.6. The number of aromatic nitrogens is 2. The molecule has 3 aromatic rings. The van der Waals surface area contributed by atoms with Crippen LogP contribution >= 0.6 is 0 Å². The molecule has 0 bridgehead atoms. The number of benzene rings is 2. The predicted molar refractivity (Wildman–Crippen MR) is 107 cm³/mol. The minimum Gasteiger partial charge on any atom is -0.289 e. The second-order valence-corrected chi connectivity index (χ2v) is 5.60. The average Bonchev–Trinajstić information content (AvgIpc) is 3.03. The van der Waals surface area contributed by atoms with Crippen LogP contribution in [-0.2, 0) is 0 Å². The Morgan fingerprint density at radius 1 is 0.852 bits per heavy atom. The van der Waals surface area contributed by atoms with E-state index < -0.39 is 0 Å². The van der Waals surface area contributed by atoms with Crippen LogP contribution in [-0.4, -0.2) is 27.0 Å². The fraction of sp³-hybridized carbons (Fsp3) is 0.273. The number of hydrogen-bond acceptors (Lipinski definition) is 4. The second-order valence-electron chi connectivity index (χ2n) is 5.60. The number of aryl methyl sites for hydroxylation is 1. The fourth-order valence-electron chi connectivity index (χ4n) is 3.19. The van der Waals surface area contributed by atoms with E-state index >= 15 is 0 Å². The molecular formula is C22H24N2O3. The van der Waals surface area contributed by atoms with Crippen LogP contribution in [0.4, 0.5) is 0 Å². The first kappa shape index (κ1) is 20.2. The van der Waals surface area contributed by atoms with Crippen LogP contribution in [0.3, 0.4) is 0 Å². The van der Waals surface area contributed by atoms with Crippen molar-refractivity contribution in [3.05, 3.63) is 64.5 Å². The van der Waals surface area contributed by atoms with Gasteiger partial charge in [-0.25, -0.2) is 4.98 Å². The van der Waals surface area contributed by atoms with Gasteiger partial charge in [0.25, 0.3) is 0 Å². The van der Waals surface area contributed by atoms with Gasteiger partial charge in [-0.3, -0.25) is 19.0 Å². The number of carbonyl (C=O) groups is 3. The Morgan fingerprint density at radius 2 is 1.33 bits per heavy atom. The SMILES string of the molecule is CC.CC.CC(=O)n1c(C)nc2cc3c(cc21)C(=O)c1ccccc1C3=O. The van der Waals surface area contributed by atoms with Crippen molar-refractivity contribution in [2.75, 3.05) is 0 Å². The topological polar surface area (TPSA) is 69.0 Å². The van der Waals surface area contributed by atoms with Gasteiger partial charge in [0, 0.05) is 29.2 Å². The van der Waals surface area contributed by atoms with E-state index in [4.69, 9.17) is 0 Å². The summed E-state index contributed by atoms with van der Waals surface area (Å²) in [5.74, 6) is -0.0367. The van der Waals surface area contributed by atoms with E-state index in [1.807, 2.05) is 27.7 Å². The van der Waals surface area contributed by atoms with Crippen LogP contribution in [0.1, 0.15) is 77.1 Å². The molecule has 0 unspecified atom stereocenters. The van der Waals surface area contributed by atoms with E-state index in [0.717, 1.165) is 0 Å². The highest BCUT2D eigenvalue weighted by molar-refractivity contribution is 6.29. The first-order valence-corrected chi connectivity index (χ1v) is 9.21. The number of rotatable bonds is 0. The summed E-state index contributed by atoms with van der Waals surface area (Å²) in [4.78, 5) is 41.5. The molecule has 4 rings (SSSR count). The van der Waals surface area contributed by atoms with E-state index in [1.54, 1.807) is 43.3 Å². The second kappa shape index (κ2) is 8.08. The molecule has 0 saturated carbocycles. The van der Waals surface area contributed by atoms with Crippen molar-refractivity contribution in [3.8, 4) is 0 Å². The van der Waals surface area contributed by atoms with Gasteiger partial charge in [0.1, 0.15) is 5.82 Å². The van der Waals surface area contributed by atoms with Crippen LogP contribution in [0.2, 0.25) is 0 Å². The number of hydrogen-bond donors (Lipinski definition) is 0. The summed E-state index contributed by atoms with van der Waals surface area (Å²) >= 11 is 0. The van der Waals surface area contributed by atoms with Gasteiger partial charge in [0.05, 0.1) is 11.0 Å². The van der Waals surface area contributed by atoms with Gasteiger partial charge in [-0.05, 0) is 19.1 Å². The van der Waals surface area contributed by atoms with Crippen LogP contribution in [0.5, 0.6) is 0 Å². The van der Waals surface area contributed by atoms with Crippen molar-refractivity contribution in [1.29, 1.82) is 0 Å². The number of nitrogens with zero attached hydrogens (tertiary/aromatic N) is 2. The summed E-state index contributed by atoms with van der Waals surface area (Å²) in [6, 6.07) is 9.98. The molecule has 0 amide bonds. The summed E-state index contributed by atoms with van der Waals surface area (Å²) in [5.41, 5.74) is 2.56. The lowest BCUT2D eigenvalue weighted by atomic mass is 9.84. The molecule has 1 heterocycles. The lowest BCUT2D eigenvalue weighted by Gasteiger charge is -2.17. The molecular weight excluding hydrogens is 340 g/mol. The highest BCUT2D eigenvalue weighted by Gasteiger charge is 2.30. The lowest BCUT2D eigenvalue weighted by Crippen LogP contribution is -2.21. The van der Waals surface area contributed by atoms with Gasteiger partial charge >= 0.3 is 0 Å². The molecule has 0 fully saturated rings. The van der Waals surface area contributed by atoms with Gasteiger partial charge in [-0.2, -0.15) is 0 Å². The predicted octanol–water partition coefficient (Wildman–Crippen LogP) is 4.83. The Labute approximate surface area is 159 Å². The average molecular weight is 364 g/mol. The van der Waals surface area contributed by atoms with Crippen LogP contribution in [0, 0.1) is 6.92 Å². The maximum atomic E-state index is 12.7. The van der Waals surface area contributed by atoms with Crippen molar-refractivity contribution in [1.82, 2.24) is 9.55 Å². The third-order valence-corrected chi connectivity index (χ3v) is 4.18. The van der Waals surface area contributed by atoms with Crippen molar-refractivity contribution in [2.45, 2.75) is 41.5 Å². The van der Waals surface area contributed by atoms with Crippen LogP contribution in [0.25, 0.3) is 11.0 Å². The molecule has 1 aliphatic carbocycles. The van der Waals surface area contributed by atoms with Gasteiger partial charge in [-0.1, -0.05) is 52.0 Å². The van der Waals surface area contributed by atoms with E-state index in [9.17, 15) is 14.4 Å². The van der Waals surface area contributed by atoms with Crippen molar-refractivity contribution < 1.29 is 14.4 Å². The zero-order valence-electron chi connectivity index (χ0n) is 16.6. The Balaban J connectivity index is 0.000000614. The Kier molecular flexibility index (Phi) is 6.05. The first-order chi connectivity index (χ1) is 13.0.